The molecule has 2 amide bonds. The molecule has 0 radical (unpaired) electrons. The molecule has 0 aliphatic carbocycles. The van der Waals surface area contributed by atoms with Gasteiger partial charge in [0.05, 0.1) is 10.6 Å². The summed E-state index contributed by atoms with van der Waals surface area (Å²) in [7, 11) is 0. The van der Waals surface area contributed by atoms with Gasteiger partial charge in [-0.3, -0.25) is 9.59 Å². The monoisotopic (exact) mass is 396 g/mol. The molecule has 0 spiro atoms. The number of carbonyl (C=O) groups excluding carboxylic acids is 2. The van der Waals surface area contributed by atoms with Gasteiger partial charge in [0, 0.05) is 29.9 Å². The first-order valence-electron chi connectivity index (χ1n) is 8.33. The zero-order valence-electron chi connectivity index (χ0n) is 14.1. The van der Waals surface area contributed by atoms with E-state index in [1.165, 1.54) is 18.2 Å². The number of halogens is 4. The summed E-state index contributed by atoms with van der Waals surface area (Å²) in [5.74, 6) is -0.669. The summed E-state index contributed by atoms with van der Waals surface area (Å²) in [6.45, 7) is 1.44. The van der Waals surface area contributed by atoms with Gasteiger partial charge in [-0.05, 0) is 55.3 Å². The lowest BCUT2D eigenvalue weighted by molar-refractivity contribution is -0.137. The smallest absolute Gasteiger partial charge is 0.339 e. The van der Waals surface area contributed by atoms with Gasteiger partial charge in [0.25, 0.3) is 11.8 Å². The minimum Gasteiger partial charge on any atom is -0.339 e. The van der Waals surface area contributed by atoms with Crippen molar-refractivity contribution in [3.63, 3.8) is 0 Å². The van der Waals surface area contributed by atoms with Crippen molar-refractivity contribution in [2.45, 2.75) is 19.0 Å². The lowest BCUT2D eigenvalue weighted by Crippen LogP contribution is -2.27. The third-order valence-corrected chi connectivity index (χ3v) is 4.65. The molecule has 0 atom stereocenters. The van der Waals surface area contributed by atoms with E-state index in [-0.39, 0.29) is 17.2 Å². The Morgan fingerprint density at radius 2 is 1.56 bits per heavy atom. The zero-order chi connectivity index (χ0) is 19.6. The molecule has 8 heteroatoms. The molecular weight excluding hydrogens is 381 g/mol. The van der Waals surface area contributed by atoms with Crippen LogP contribution in [-0.2, 0) is 6.18 Å². The first-order valence-corrected chi connectivity index (χ1v) is 8.71. The van der Waals surface area contributed by atoms with Crippen LogP contribution in [0.25, 0.3) is 0 Å². The van der Waals surface area contributed by atoms with Crippen LogP contribution in [-0.4, -0.2) is 29.8 Å². The van der Waals surface area contributed by atoms with Crippen LogP contribution in [0.5, 0.6) is 0 Å². The number of amides is 2. The molecule has 1 N–H and O–H groups in total. The number of nitrogens with zero attached hydrogens (tertiary/aromatic N) is 1. The molecule has 4 nitrogen and oxygen atoms in total. The van der Waals surface area contributed by atoms with E-state index in [0.717, 1.165) is 38.1 Å². The molecule has 0 aromatic heterocycles. The molecule has 27 heavy (non-hydrogen) atoms. The Labute approximate surface area is 158 Å². The number of hydrogen-bond acceptors (Lipinski definition) is 2. The molecule has 2 aromatic carbocycles. The summed E-state index contributed by atoms with van der Waals surface area (Å²) >= 11 is 5.57. The van der Waals surface area contributed by atoms with Crippen LogP contribution in [0, 0.1) is 0 Å². The topological polar surface area (TPSA) is 49.4 Å². The molecule has 0 bridgehead atoms. The van der Waals surface area contributed by atoms with Gasteiger partial charge in [-0.2, -0.15) is 13.2 Å². The maximum absolute atomic E-state index is 12.9. The SMILES string of the molecule is O=C(Nc1ccc(Cl)c(C(F)(F)F)c1)c1ccc(C(=O)N2CCCC2)cc1. The summed E-state index contributed by atoms with van der Waals surface area (Å²) in [6, 6.07) is 9.18. The largest absolute Gasteiger partial charge is 0.417 e. The number of hydrogen-bond donors (Lipinski definition) is 1. The van der Waals surface area contributed by atoms with Crippen molar-refractivity contribution in [1.82, 2.24) is 4.90 Å². The fraction of sp³-hybridized carbons (Fsp3) is 0.263. The average molecular weight is 397 g/mol. The van der Waals surface area contributed by atoms with E-state index in [0.29, 0.717) is 5.56 Å². The van der Waals surface area contributed by atoms with E-state index < -0.39 is 22.7 Å². The minimum atomic E-state index is -4.62. The predicted octanol–water partition coefficient (Wildman–Crippen LogP) is 4.85. The molecule has 1 heterocycles. The van der Waals surface area contributed by atoms with E-state index in [1.807, 2.05) is 0 Å². The standard InChI is InChI=1S/C19H16ClF3N2O2/c20-16-8-7-14(11-15(16)19(21,22)23)24-17(26)12-3-5-13(6-4-12)18(27)25-9-1-2-10-25/h3-8,11H,1-2,9-10H2,(H,24,26). The molecule has 142 valence electrons. The van der Waals surface area contributed by atoms with E-state index in [2.05, 4.69) is 5.32 Å². The van der Waals surface area contributed by atoms with E-state index >= 15 is 0 Å². The van der Waals surface area contributed by atoms with Gasteiger partial charge in [0.1, 0.15) is 0 Å². The van der Waals surface area contributed by atoms with Gasteiger partial charge >= 0.3 is 6.18 Å². The Bertz CT molecular complexity index is 860. The van der Waals surface area contributed by atoms with E-state index in [4.69, 9.17) is 11.6 Å². The van der Waals surface area contributed by atoms with Crippen molar-refractivity contribution < 1.29 is 22.8 Å². The summed E-state index contributed by atoms with van der Waals surface area (Å²) in [5, 5.41) is 1.97. The van der Waals surface area contributed by atoms with Gasteiger partial charge in [-0.1, -0.05) is 11.6 Å². The summed E-state index contributed by atoms with van der Waals surface area (Å²) in [6.07, 6.45) is -2.66. The molecule has 0 saturated carbocycles. The Hall–Kier alpha value is -2.54. The predicted molar refractivity (Wildman–Crippen MR) is 96.0 cm³/mol. The molecular formula is C19H16ClF3N2O2. The van der Waals surface area contributed by atoms with Crippen molar-refractivity contribution in [2.24, 2.45) is 0 Å². The Balaban J connectivity index is 1.72. The van der Waals surface area contributed by atoms with Crippen LogP contribution in [0.4, 0.5) is 18.9 Å². The average Bonchev–Trinajstić information content (AvgIpc) is 3.16. The van der Waals surface area contributed by atoms with Gasteiger partial charge < -0.3 is 10.2 Å². The second-order valence-electron chi connectivity index (χ2n) is 6.22. The van der Waals surface area contributed by atoms with Crippen LogP contribution in [0.3, 0.4) is 0 Å². The fourth-order valence-corrected chi connectivity index (χ4v) is 3.12. The molecule has 2 aromatic rings. The molecule has 1 aliphatic rings. The van der Waals surface area contributed by atoms with Gasteiger partial charge in [-0.15, -0.1) is 0 Å². The summed E-state index contributed by atoms with van der Waals surface area (Å²) in [4.78, 5) is 26.3. The third kappa shape index (κ3) is 4.42. The summed E-state index contributed by atoms with van der Waals surface area (Å²) < 4.78 is 38.7. The van der Waals surface area contributed by atoms with Crippen molar-refractivity contribution in [3.8, 4) is 0 Å². The fourth-order valence-electron chi connectivity index (χ4n) is 2.89. The van der Waals surface area contributed by atoms with Crippen molar-refractivity contribution in [3.05, 3.63) is 64.2 Å². The number of alkyl halides is 3. The number of carbonyl (C=O) groups is 2. The first-order chi connectivity index (χ1) is 12.8. The highest BCUT2D eigenvalue weighted by Crippen LogP contribution is 2.36. The highest BCUT2D eigenvalue weighted by molar-refractivity contribution is 6.31. The van der Waals surface area contributed by atoms with E-state index in [1.54, 1.807) is 17.0 Å². The Morgan fingerprint density at radius 1 is 0.963 bits per heavy atom. The maximum atomic E-state index is 12.9. The second-order valence-corrected chi connectivity index (χ2v) is 6.63. The zero-order valence-corrected chi connectivity index (χ0v) is 14.9. The van der Waals surface area contributed by atoms with Crippen LogP contribution in [0.1, 0.15) is 39.1 Å². The Morgan fingerprint density at radius 3 is 2.15 bits per heavy atom. The quantitative estimate of drug-likeness (QED) is 0.806. The van der Waals surface area contributed by atoms with Gasteiger partial charge in [-0.25, -0.2) is 0 Å². The number of benzene rings is 2. The van der Waals surface area contributed by atoms with Gasteiger partial charge in [0.15, 0.2) is 0 Å². The number of rotatable bonds is 3. The van der Waals surface area contributed by atoms with Crippen LogP contribution >= 0.6 is 11.6 Å². The highest BCUT2D eigenvalue weighted by Gasteiger charge is 2.33. The van der Waals surface area contributed by atoms with Crippen molar-refractivity contribution in [2.75, 3.05) is 18.4 Å². The molecule has 1 aliphatic heterocycles. The van der Waals surface area contributed by atoms with Crippen molar-refractivity contribution in [1.29, 1.82) is 0 Å². The van der Waals surface area contributed by atoms with Gasteiger partial charge in [0.2, 0.25) is 0 Å². The van der Waals surface area contributed by atoms with Crippen LogP contribution in [0.2, 0.25) is 5.02 Å². The molecule has 1 fully saturated rings. The number of likely N-dealkylation sites (tertiary alicyclic amines) is 1. The first kappa shape index (κ1) is 19.2. The Kier molecular flexibility index (Phi) is 5.41. The van der Waals surface area contributed by atoms with Crippen molar-refractivity contribution >= 4 is 29.1 Å². The molecule has 3 rings (SSSR count). The summed E-state index contributed by atoms with van der Waals surface area (Å²) in [5.41, 5.74) is -0.335. The van der Waals surface area contributed by atoms with Crippen LogP contribution in [0.15, 0.2) is 42.5 Å². The normalized spacial score (nSPS) is 14.3. The number of anilines is 1. The van der Waals surface area contributed by atoms with E-state index in [9.17, 15) is 22.8 Å². The lowest BCUT2D eigenvalue weighted by Gasteiger charge is -2.15. The highest BCUT2D eigenvalue weighted by atomic mass is 35.5. The minimum absolute atomic E-state index is 0.0195. The lowest BCUT2D eigenvalue weighted by atomic mass is 10.1. The second kappa shape index (κ2) is 7.60. The van der Waals surface area contributed by atoms with Crippen LogP contribution < -0.4 is 5.32 Å². The maximum Gasteiger partial charge on any atom is 0.417 e. The number of nitrogens with one attached hydrogen (secondary N) is 1. The third-order valence-electron chi connectivity index (χ3n) is 4.32. The molecule has 0 unspecified atom stereocenters. The molecule has 1 saturated heterocycles.